The molecular weight excluding hydrogens is 350 g/mol. The van der Waals surface area contributed by atoms with Crippen LogP contribution in [-0.2, 0) is 4.79 Å². The van der Waals surface area contributed by atoms with Crippen molar-refractivity contribution in [1.82, 2.24) is 4.90 Å². The first-order valence-corrected chi connectivity index (χ1v) is 10.5. The Morgan fingerprint density at radius 3 is 2.61 bits per heavy atom. The second kappa shape index (κ2) is 9.64. The van der Waals surface area contributed by atoms with E-state index in [1.807, 2.05) is 17.0 Å². The minimum Gasteiger partial charge on any atom is -0.384 e. The molecule has 2 aliphatic rings. The number of rotatable bonds is 7. The number of likely N-dealkylation sites (tertiary alicyclic amines) is 1. The van der Waals surface area contributed by atoms with E-state index in [9.17, 15) is 9.59 Å². The molecule has 0 radical (unpaired) electrons. The van der Waals surface area contributed by atoms with Gasteiger partial charge in [0.1, 0.15) is 0 Å². The lowest BCUT2D eigenvalue weighted by Gasteiger charge is -2.32. The van der Waals surface area contributed by atoms with E-state index < -0.39 is 5.91 Å². The minimum atomic E-state index is -0.440. The number of primary amides is 1. The highest BCUT2D eigenvalue weighted by molar-refractivity contribution is 5.98. The fourth-order valence-electron chi connectivity index (χ4n) is 3.61. The van der Waals surface area contributed by atoms with Gasteiger partial charge in [0.25, 0.3) is 5.91 Å². The van der Waals surface area contributed by atoms with E-state index in [4.69, 9.17) is 5.73 Å². The fourth-order valence-corrected chi connectivity index (χ4v) is 3.61. The summed E-state index contributed by atoms with van der Waals surface area (Å²) in [6.07, 6.45) is 7.20. The molecule has 0 bridgehead atoms. The minimum absolute atomic E-state index is 0.302. The average Bonchev–Trinajstić information content (AvgIpc) is 3.55. The van der Waals surface area contributed by atoms with Crippen molar-refractivity contribution < 1.29 is 9.59 Å². The normalized spacial score (nSPS) is 17.0. The molecule has 2 fully saturated rings. The third kappa shape index (κ3) is 5.51. The molecule has 0 unspecified atom stereocenters. The summed E-state index contributed by atoms with van der Waals surface area (Å²) in [7, 11) is 0. The molecule has 0 spiro atoms. The lowest BCUT2D eigenvalue weighted by Crippen LogP contribution is -2.40. The second-order valence-corrected chi connectivity index (χ2v) is 7.95. The van der Waals surface area contributed by atoms with Crippen molar-refractivity contribution in [2.24, 2.45) is 17.6 Å². The van der Waals surface area contributed by atoms with Crippen LogP contribution in [0.4, 0.5) is 5.69 Å². The third-order valence-corrected chi connectivity index (χ3v) is 5.61. The van der Waals surface area contributed by atoms with E-state index in [0.29, 0.717) is 23.3 Å². The van der Waals surface area contributed by atoms with Crippen LogP contribution in [0.5, 0.6) is 0 Å². The van der Waals surface area contributed by atoms with E-state index >= 15 is 0 Å². The Morgan fingerprint density at radius 2 is 1.96 bits per heavy atom. The maximum absolute atomic E-state index is 12.2. The summed E-state index contributed by atoms with van der Waals surface area (Å²) in [5.41, 5.74) is 7.66. The molecule has 1 aromatic carbocycles. The van der Waals surface area contributed by atoms with E-state index in [1.165, 1.54) is 0 Å². The molecule has 1 aliphatic heterocycles. The Morgan fingerprint density at radius 1 is 1.21 bits per heavy atom. The molecule has 3 rings (SSSR count). The zero-order valence-corrected chi connectivity index (χ0v) is 16.8. The van der Waals surface area contributed by atoms with Crippen molar-refractivity contribution in [2.75, 3.05) is 25.0 Å². The van der Waals surface area contributed by atoms with Crippen molar-refractivity contribution >= 4 is 17.5 Å². The first-order valence-electron chi connectivity index (χ1n) is 10.5. The highest BCUT2D eigenvalue weighted by Crippen LogP contribution is 2.32. The zero-order valence-electron chi connectivity index (χ0n) is 16.8. The number of benzene rings is 1. The van der Waals surface area contributed by atoms with Gasteiger partial charge in [0.15, 0.2) is 0 Å². The van der Waals surface area contributed by atoms with Gasteiger partial charge >= 0.3 is 0 Å². The van der Waals surface area contributed by atoms with Crippen molar-refractivity contribution in [3.8, 4) is 11.8 Å². The largest absolute Gasteiger partial charge is 0.384 e. The molecule has 28 heavy (non-hydrogen) atoms. The smallest absolute Gasteiger partial charge is 0.250 e. The zero-order chi connectivity index (χ0) is 19.9. The molecule has 2 amide bonds. The summed E-state index contributed by atoms with van der Waals surface area (Å²) in [5.74, 6) is 6.96. The molecule has 1 saturated heterocycles. The molecule has 1 aliphatic carbocycles. The predicted octanol–water partition coefficient (Wildman–Crippen LogP) is 3.39. The molecule has 1 saturated carbocycles. The maximum atomic E-state index is 12.2. The number of carbonyl (C=O) groups excluding carboxylic acids is 2. The number of nitrogens with two attached hydrogens (primary N) is 1. The molecule has 3 N–H and O–H groups in total. The van der Waals surface area contributed by atoms with E-state index in [2.05, 4.69) is 24.1 Å². The number of carbonyl (C=O) groups is 2. The van der Waals surface area contributed by atoms with Gasteiger partial charge in [-0.15, -0.1) is 0 Å². The van der Waals surface area contributed by atoms with Crippen molar-refractivity contribution in [3.05, 3.63) is 29.3 Å². The van der Waals surface area contributed by atoms with Crippen LogP contribution in [0.2, 0.25) is 0 Å². The first kappa shape index (κ1) is 20.3. The number of nitrogens with one attached hydrogen (secondary N) is 1. The monoisotopic (exact) mass is 381 g/mol. The van der Waals surface area contributed by atoms with Crippen molar-refractivity contribution in [1.29, 1.82) is 0 Å². The molecule has 150 valence electrons. The Balaban J connectivity index is 1.54. The Bertz CT molecular complexity index is 766. The molecule has 0 atom stereocenters. The van der Waals surface area contributed by atoms with Crippen LogP contribution in [0, 0.1) is 23.7 Å². The van der Waals surface area contributed by atoms with Gasteiger partial charge in [-0.1, -0.05) is 25.2 Å². The van der Waals surface area contributed by atoms with Crippen LogP contribution >= 0.6 is 0 Å². The Hall–Kier alpha value is -2.48. The second-order valence-electron chi connectivity index (χ2n) is 7.95. The van der Waals surface area contributed by atoms with E-state index in [1.54, 1.807) is 6.07 Å². The first-order chi connectivity index (χ1) is 13.6. The summed E-state index contributed by atoms with van der Waals surface area (Å²) in [4.78, 5) is 26.1. The standard InChI is InChI=1S/C23H31N3O2/c1-2-3-4-5-6-17-7-10-21(20(15-17)22(24)27)25-16-18-11-13-26(14-12-18)23(28)19-8-9-19/h7,10,15,18-19,25H,2-4,8-9,11-14,16H2,1H3,(H2,24,27). The molecule has 0 aromatic heterocycles. The lowest BCUT2D eigenvalue weighted by molar-refractivity contribution is -0.133. The third-order valence-electron chi connectivity index (χ3n) is 5.61. The molecular formula is C23H31N3O2. The number of anilines is 1. The maximum Gasteiger partial charge on any atom is 0.250 e. The van der Waals surface area contributed by atoms with Gasteiger partial charge in [0.05, 0.1) is 5.56 Å². The number of unbranched alkanes of at least 4 members (excludes halogenated alkanes) is 2. The van der Waals surface area contributed by atoms with Gasteiger partial charge < -0.3 is 16.0 Å². The molecule has 5 nitrogen and oxygen atoms in total. The number of amides is 2. The van der Waals surface area contributed by atoms with Crippen LogP contribution in [-0.4, -0.2) is 36.3 Å². The van der Waals surface area contributed by atoms with Gasteiger partial charge in [0.2, 0.25) is 5.91 Å². The number of nitrogens with zero attached hydrogens (tertiary/aromatic N) is 1. The number of hydrogen-bond donors (Lipinski definition) is 2. The van der Waals surface area contributed by atoms with Crippen LogP contribution < -0.4 is 11.1 Å². The van der Waals surface area contributed by atoms with Crippen LogP contribution in [0.1, 0.15) is 67.8 Å². The van der Waals surface area contributed by atoms with Gasteiger partial charge in [-0.3, -0.25) is 9.59 Å². The summed E-state index contributed by atoms with van der Waals surface area (Å²) in [6, 6.07) is 5.61. The van der Waals surface area contributed by atoms with Crippen LogP contribution in [0.25, 0.3) is 0 Å². The Labute approximate surface area is 168 Å². The summed E-state index contributed by atoms with van der Waals surface area (Å²) in [6.45, 7) is 4.61. The number of piperidine rings is 1. The van der Waals surface area contributed by atoms with Gasteiger partial charge in [-0.05, 0) is 56.2 Å². The summed E-state index contributed by atoms with van der Waals surface area (Å²) >= 11 is 0. The van der Waals surface area contributed by atoms with Gasteiger partial charge in [-0.2, -0.15) is 0 Å². The fraction of sp³-hybridized carbons (Fsp3) is 0.565. The highest BCUT2D eigenvalue weighted by atomic mass is 16.2. The van der Waals surface area contributed by atoms with Crippen molar-refractivity contribution in [3.63, 3.8) is 0 Å². The quantitative estimate of drug-likeness (QED) is 0.561. The predicted molar refractivity (Wildman–Crippen MR) is 112 cm³/mol. The Kier molecular flexibility index (Phi) is 6.97. The summed E-state index contributed by atoms with van der Waals surface area (Å²) < 4.78 is 0. The summed E-state index contributed by atoms with van der Waals surface area (Å²) in [5, 5.41) is 3.39. The molecule has 1 aromatic rings. The van der Waals surface area contributed by atoms with Crippen LogP contribution in [0.3, 0.4) is 0 Å². The van der Waals surface area contributed by atoms with Crippen LogP contribution in [0.15, 0.2) is 18.2 Å². The molecule has 5 heteroatoms. The van der Waals surface area contributed by atoms with E-state index in [-0.39, 0.29) is 0 Å². The average molecular weight is 382 g/mol. The highest BCUT2D eigenvalue weighted by Gasteiger charge is 2.34. The van der Waals surface area contributed by atoms with Gasteiger partial charge in [0, 0.05) is 43.2 Å². The van der Waals surface area contributed by atoms with Gasteiger partial charge in [-0.25, -0.2) is 0 Å². The SMILES string of the molecule is CCCCC#Cc1ccc(NCC2CCN(C(=O)C3CC3)CC2)c(C(N)=O)c1. The van der Waals surface area contributed by atoms with Crippen molar-refractivity contribution in [2.45, 2.75) is 51.9 Å². The molecule has 1 heterocycles. The van der Waals surface area contributed by atoms with E-state index in [0.717, 1.165) is 75.8 Å². The number of hydrogen-bond acceptors (Lipinski definition) is 3. The topological polar surface area (TPSA) is 75.4 Å². The lowest BCUT2D eigenvalue weighted by atomic mass is 9.96.